The van der Waals surface area contributed by atoms with Gasteiger partial charge in [0.1, 0.15) is 0 Å². The van der Waals surface area contributed by atoms with Crippen LogP contribution in [0.2, 0.25) is 6.55 Å². The van der Waals surface area contributed by atoms with Gasteiger partial charge in [0.15, 0.2) is 0 Å². The van der Waals surface area contributed by atoms with E-state index < -0.39 is 8.80 Å². The molecule has 0 saturated carbocycles. The van der Waals surface area contributed by atoms with Crippen molar-refractivity contribution < 1.29 is 13.3 Å². The van der Waals surface area contributed by atoms with Crippen molar-refractivity contribution in [3.05, 3.63) is 35.9 Å². The molecule has 1 rings (SSSR count). The minimum absolute atomic E-state index is 0.536. The molecule has 0 bridgehead atoms. The normalized spacial score (nSPS) is 14.9. The standard InChI is InChI=1S/C10H15IO3Si/c1-12-15(2,14-9-11)13-8-10-6-4-3-5-7-10/h3-7H,8-9H2,1-2H3. The largest absolute Gasteiger partial charge is 0.498 e. The van der Waals surface area contributed by atoms with E-state index >= 15 is 0 Å². The summed E-state index contributed by atoms with van der Waals surface area (Å²) in [5, 5.41) is 0. The summed E-state index contributed by atoms with van der Waals surface area (Å²) < 4.78 is 17.1. The summed E-state index contributed by atoms with van der Waals surface area (Å²) in [5.74, 6) is 0. The summed E-state index contributed by atoms with van der Waals surface area (Å²) in [6.45, 7) is 2.43. The summed E-state index contributed by atoms with van der Waals surface area (Å²) in [6, 6.07) is 10.0. The Morgan fingerprint density at radius 2 is 1.87 bits per heavy atom. The molecule has 0 fully saturated rings. The van der Waals surface area contributed by atoms with Crippen molar-refractivity contribution in [2.75, 3.05) is 11.7 Å². The minimum atomic E-state index is -2.41. The van der Waals surface area contributed by atoms with Crippen molar-refractivity contribution in [3.63, 3.8) is 0 Å². The van der Waals surface area contributed by atoms with E-state index in [1.54, 1.807) is 7.11 Å². The van der Waals surface area contributed by atoms with Crippen LogP contribution in [0.1, 0.15) is 5.56 Å². The van der Waals surface area contributed by atoms with Crippen LogP contribution in [0.5, 0.6) is 0 Å². The Balaban J connectivity index is 2.47. The smallest absolute Gasteiger partial charge is 0.377 e. The maximum atomic E-state index is 5.69. The Kier molecular flexibility index (Phi) is 5.76. The van der Waals surface area contributed by atoms with Gasteiger partial charge in [-0.1, -0.05) is 52.9 Å². The second-order valence-corrected chi connectivity index (χ2v) is 6.43. The van der Waals surface area contributed by atoms with Gasteiger partial charge in [-0.2, -0.15) is 0 Å². The fraction of sp³-hybridized carbons (Fsp3) is 0.400. The van der Waals surface area contributed by atoms with Crippen molar-refractivity contribution in [2.24, 2.45) is 0 Å². The van der Waals surface area contributed by atoms with Gasteiger partial charge in [-0.25, -0.2) is 0 Å². The lowest BCUT2D eigenvalue weighted by molar-refractivity contribution is 0.0964. The Bertz CT molecular complexity index is 283. The van der Waals surface area contributed by atoms with E-state index in [4.69, 9.17) is 13.3 Å². The molecule has 0 aliphatic carbocycles. The van der Waals surface area contributed by atoms with Crippen molar-refractivity contribution >= 4 is 31.4 Å². The van der Waals surface area contributed by atoms with E-state index in [1.807, 2.05) is 36.9 Å². The predicted molar refractivity (Wildman–Crippen MR) is 69.8 cm³/mol. The highest BCUT2D eigenvalue weighted by molar-refractivity contribution is 14.1. The molecule has 0 spiro atoms. The molecule has 1 unspecified atom stereocenters. The number of alkyl halides is 1. The van der Waals surface area contributed by atoms with Crippen molar-refractivity contribution in [1.82, 2.24) is 0 Å². The number of halogens is 1. The van der Waals surface area contributed by atoms with Crippen LogP contribution in [0, 0.1) is 0 Å². The highest BCUT2D eigenvalue weighted by Crippen LogP contribution is 2.12. The fourth-order valence-electron chi connectivity index (χ4n) is 1.05. The number of hydrogen-bond donors (Lipinski definition) is 0. The molecule has 0 aliphatic heterocycles. The molecule has 0 saturated heterocycles. The maximum absolute atomic E-state index is 5.69. The van der Waals surface area contributed by atoms with Crippen molar-refractivity contribution in [2.45, 2.75) is 13.2 Å². The van der Waals surface area contributed by atoms with Gasteiger partial charge in [0.25, 0.3) is 0 Å². The zero-order valence-electron chi connectivity index (χ0n) is 8.90. The number of hydrogen-bond acceptors (Lipinski definition) is 3. The molecule has 84 valence electrons. The van der Waals surface area contributed by atoms with Gasteiger partial charge < -0.3 is 13.3 Å². The zero-order chi connectivity index (χ0) is 11.1. The van der Waals surface area contributed by atoms with Gasteiger partial charge in [-0.3, -0.25) is 0 Å². The molecule has 15 heavy (non-hydrogen) atoms. The highest BCUT2D eigenvalue weighted by atomic mass is 127. The summed E-state index contributed by atoms with van der Waals surface area (Å²) >= 11 is 2.14. The van der Waals surface area contributed by atoms with E-state index in [2.05, 4.69) is 22.6 Å². The van der Waals surface area contributed by atoms with E-state index in [1.165, 1.54) is 0 Å². The third-order valence-electron chi connectivity index (χ3n) is 2.03. The molecular weight excluding hydrogens is 323 g/mol. The molecule has 1 aromatic carbocycles. The van der Waals surface area contributed by atoms with Gasteiger partial charge in [0.05, 0.1) is 11.2 Å². The fourth-order valence-corrected chi connectivity index (χ4v) is 3.69. The SMILES string of the molecule is CO[Si](C)(OCI)OCc1ccccc1. The first kappa shape index (κ1) is 13.1. The van der Waals surface area contributed by atoms with Crippen molar-refractivity contribution in [3.8, 4) is 0 Å². The number of benzene rings is 1. The quantitative estimate of drug-likeness (QED) is 0.454. The Morgan fingerprint density at radius 3 is 2.40 bits per heavy atom. The van der Waals surface area contributed by atoms with Crippen LogP contribution in [0.3, 0.4) is 0 Å². The Hall–Kier alpha value is 0.0469. The van der Waals surface area contributed by atoms with E-state index in [9.17, 15) is 0 Å². The molecule has 5 heteroatoms. The molecular formula is C10H15IO3Si. The lowest BCUT2D eigenvalue weighted by Gasteiger charge is -2.23. The monoisotopic (exact) mass is 338 g/mol. The molecule has 0 N–H and O–H groups in total. The van der Waals surface area contributed by atoms with Crippen LogP contribution >= 0.6 is 22.6 Å². The second kappa shape index (κ2) is 6.59. The topological polar surface area (TPSA) is 27.7 Å². The van der Waals surface area contributed by atoms with E-state index in [-0.39, 0.29) is 0 Å². The van der Waals surface area contributed by atoms with Gasteiger partial charge in [0.2, 0.25) is 0 Å². The van der Waals surface area contributed by atoms with Gasteiger partial charge in [0, 0.05) is 13.7 Å². The average molecular weight is 338 g/mol. The Morgan fingerprint density at radius 1 is 1.20 bits per heavy atom. The van der Waals surface area contributed by atoms with Crippen LogP contribution < -0.4 is 0 Å². The predicted octanol–water partition coefficient (Wildman–Crippen LogP) is 2.83. The molecule has 1 aromatic rings. The lowest BCUT2D eigenvalue weighted by Crippen LogP contribution is -2.40. The summed E-state index contributed by atoms with van der Waals surface area (Å²) in [4.78, 5) is 0. The Labute approximate surface area is 105 Å². The molecule has 1 atom stereocenters. The van der Waals surface area contributed by atoms with Crippen LogP contribution in [0.4, 0.5) is 0 Å². The molecule has 0 radical (unpaired) electrons. The molecule has 0 aliphatic rings. The number of rotatable bonds is 6. The first-order valence-corrected chi connectivity index (χ1v) is 8.38. The molecule has 0 heterocycles. The van der Waals surface area contributed by atoms with Crippen molar-refractivity contribution in [1.29, 1.82) is 0 Å². The van der Waals surface area contributed by atoms with Crippen LogP contribution in [-0.2, 0) is 19.9 Å². The average Bonchev–Trinajstić information content (AvgIpc) is 2.28. The van der Waals surface area contributed by atoms with Crippen LogP contribution in [-0.4, -0.2) is 20.5 Å². The van der Waals surface area contributed by atoms with Gasteiger partial charge in [-0.05, 0) is 5.56 Å². The van der Waals surface area contributed by atoms with Crippen LogP contribution in [0.15, 0.2) is 30.3 Å². The lowest BCUT2D eigenvalue weighted by atomic mass is 10.2. The summed E-state index contributed by atoms with van der Waals surface area (Å²) in [7, 11) is -0.785. The minimum Gasteiger partial charge on any atom is -0.377 e. The first-order chi connectivity index (χ1) is 7.20. The van der Waals surface area contributed by atoms with E-state index in [0.29, 0.717) is 11.2 Å². The first-order valence-electron chi connectivity index (χ1n) is 4.63. The summed E-state index contributed by atoms with van der Waals surface area (Å²) in [6.07, 6.45) is 0. The molecule has 3 nitrogen and oxygen atoms in total. The molecule has 0 aromatic heterocycles. The summed E-state index contributed by atoms with van der Waals surface area (Å²) in [5.41, 5.74) is 1.13. The van der Waals surface area contributed by atoms with Gasteiger partial charge in [-0.15, -0.1) is 0 Å². The second-order valence-electron chi connectivity index (χ2n) is 3.09. The third kappa shape index (κ3) is 4.60. The molecule has 0 amide bonds. The zero-order valence-corrected chi connectivity index (χ0v) is 12.1. The van der Waals surface area contributed by atoms with Crippen LogP contribution in [0.25, 0.3) is 0 Å². The van der Waals surface area contributed by atoms with Gasteiger partial charge >= 0.3 is 8.80 Å². The third-order valence-corrected chi connectivity index (χ3v) is 5.01. The maximum Gasteiger partial charge on any atom is 0.498 e. The van der Waals surface area contributed by atoms with E-state index in [0.717, 1.165) is 5.56 Å². The highest BCUT2D eigenvalue weighted by Gasteiger charge is 2.33.